The number of hydrogen-bond acceptors (Lipinski definition) is 2. The molecule has 1 amide bonds. The summed E-state index contributed by atoms with van der Waals surface area (Å²) in [5.41, 5.74) is -0.675. The predicted molar refractivity (Wildman–Crippen MR) is 44.4 cm³/mol. The van der Waals surface area contributed by atoms with Gasteiger partial charge in [0.2, 0.25) is 0 Å². The molecule has 0 aromatic rings. The Hall–Kier alpha value is -0.610. The van der Waals surface area contributed by atoms with Gasteiger partial charge in [0.25, 0.3) is 0 Å². The average molecular weight is 173 g/mol. The lowest BCUT2D eigenvalue weighted by Gasteiger charge is -2.46. The second-order valence-electron chi connectivity index (χ2n) is 4.14. The SMILES string of the molecule is C[C@@H]1CCC(C)(C)[N+]1([O-])C(=O)O. The Morgan fingerprint density at radius 1 is 1.67 bits per heavy atom. The highest BCUT2D eigenvalue weighted by atomic mass is 16.6. The third-order valence-corrected chi connectivity index (χ3v) is 2.98. The number of likely N-dealkylation sites (tertiary alicyclic amines) is 1. The number of quaternary nitrogens is 1. The summed E-state index contributed by atoms with van der Waals surface area (Å²) in [5.74, 6) is 0. The molecule has 4 heteroatoms. The molecule has 0 aliphatic carbocycles. The molecule has 1 aliphatic rings. The molecule has 2 atom stereocenters. The van der Waals surface area contributed by atoms with Gasteiger partial charge in [-0.3, -0.25) is 4.65 Å². The van der Waals surface area contributed by atoms with E-state index >= 15 is 0 Å². The molecule has 0 radical (unpaired) electrons. The summed E-state index contributed by atoms with van der Waals surface area (Å²) in [5, 5.41) is 20.8. The molecule has 1 N–H and O–H groups in total. The van der Waals surface area contributed by atoms with E-state index in [9.17, 15) is 10.0 Å². The van der Waals surface area contributed by atoms with E-state index in [0.29, 0.717) is 12.8 Å². The maximum Gasteiger partial charge on any atom is 0.514 e. The molecule has 70 valence electrons. The first-order valence-electron chi connectivity index (χ1n) is 4.15. The Morgan fingerprint density at radius 2 is 2.17 bits per heavy atom. The molecule has 1 rings (SSSR count). The van der Waals surface area contributed by atoms with Crippen LogP contribution in [0.5, 0.6) is 0 Å². The molecule has 0 aromatic heterocycles. The minimum atomic E-state index is -1.26. The van der Waals surface area contributed by atoms with Crippen molar-refractivity contribution < 1.29 is 14.5 Å². The van der Waals surface area contributed by atoms with Crippen LogP contribution in [0.15, 0.2) is 0 Å². The average Bonchev–Trinajstić information content (AvgIpc) is 2.15. The summed E-state index contributed by atoms with van der Waals surface area (Å²) < 4.78 is -1.09. The summed E-state index contributed by atoms with van der Waals surface area (Å²) >= 11 is 0. The number of hydroxylamine groups is 3. The predicted octanol–water partition coefficient (Wildman–Crippen LogP) is 1.94. The van der Waals surface area contributed by atoms with Crippen LogP contribution in [0.4, 0.5) is 4.79 Å². The summed E-state index contributed by atoms with van der Waals surface area (Å²) in [6.07, 6.45) is 0.122. The first-order chi connectivity index (χ1) is 5.32. The Balaban J connectivity index is 3.06. The van der Waals surface area contributed by atoms with Crippen molar-refractivity contribution in [1.82, 2.24) is 0 Å². The van der Waals surface area contributed by atoms with Gasteiger partial charge < -0.3 is 10.3 Å². The molecule has 0 bridgehead atoms. The van der Waals surface area contributed by atoms with E-state index in [-0.39, 0.29) is 6.04 Å². The van der Waals surface area contributed by atoms with Gasteiger partial charge >= 0.3 is 6.09 Å². The largest absolute Gasteiger partial charge is 0.622 e. The van der Waals surface area contributed by atoms with E-state index in [1.807, 2.05) is 0 Å². The van der Waals surface area contributed by atoms with Crippen molar-refractivity contribution in [2.75, 3.05) is 0 Å². The van der Waals surface area contributed by atoms with E-state index in [4.69, 9.17) is 5.11 Å². The van der Waals surface area contributed by atoms with E-state index < -0.39 is 16.3 Å². The van der Waals surface area contributed by atoms with Crippen molar-refractivity contribution in [1.29, 1.82) is 0 Å². The normalized spacial score (nSPS) is 39.8. The van der Waals surface area contributed by atoms with Gasteiger partial charge in [0.05, 0.1) is 6.04 Å². The molecule has 1 aliphatic heterocycles. The first kappa shape index (κ1) is 9.48. The highest BCUT2D eigenvalue weighted by molar-refractivity contribution is 5.58. The molecule has 12 heavy (non-hydrogen) atoms. The second-order valence-corrected chi connectivity index (χ2v) is 4.14. The molecule has 1 heterocycles. The fraction of sp³-hybridized carbons (Fsp3) is 0.875. The van der Waals surface area contributed by atoms with Gasteiger partial charge in [-0.2, -0.15) is 4.79 Å². The van der Waals surface area contributed by atoms with Crippen LogP contribution < -0.4 is 0 Å². The van der Waals surface area contributed by atoms with Crippen LogP contribution in [-0.4, -0.2) is 27.4 Å². The summed E-state index contributed by atoms with van der Waals surface area (Å²) in [6.45, 7) is 5.14. The van der Waals surface area contributed by atoms with Gasteiger partial charge in [0, 0.05) is 12.8 Å². The Kier molecular flexibility index (Phi) is 1.92. The third kappa shape index (κ3) is 0.949. The Morgan fingerprint density at radius 3 is 2.33 bits per heavy atom. The molecule has 0 spiro atoms. The van der Waals surface area contributed by atoms with Gasteiger partial charge in [-0.15, -0.1) is 0 Å². The minimum Gasteiger partial charge on any atom is -0.622 e. The molecule has 1 saturated heterocycles. The van der Waals surface area contributed by atoms with Crippen molar-refractivity contribution in [3.63, 3.8) is 0 Å². The molecular formula is C8H15NO3. The van der Waals surface area contributed by atoms with E-state index in [1.54, 1.807) is 20.8 Å². The summed E-state index contributed by atoms with van der Waals surface area (Å²) in [7, 11) is 0. The van der Waals surface area contributed by atoms with Gasteiger partial charge in [-0.25, -0.2) is 0 Å². The molecular weight excluding hydrogens is 158 g/mol. The highest BCUT2D eigenvalue weighted by Gasteiger charge is 2.52. The van der Waals surface area contributed by atoms with Crippen molar-refractivity contribution >= 4 is 6.09 Å². The maximum absolute atomic E-state index is 11.9. The number of hydrogen-bond donors (Lipinski definition) is 1. The molecule has 4 nitrogen and oxygen atoms in total. The minimum absolute atomic E-state index is 0.322. The second kappa shape index (κ2) is 2.44. The van der Waals surface area contributed by atoms with Gasteiger partial charge in [0.15, 0.2) is 0 Å². The van der Waals surface area contributed by atoms with Crippen LogP contribution in [0.1, 0.15) is 33.6 Å². The zero-order valence-corrected chi connectivity index (χ0v) is 7.70. The zero-order valence-electron chi connectivity index (χ0n) is 7.70. The van der Waals surface area contributed by atoms with Crippen LogP contribution in [0.25, 0.3) is 0 Å². The van der Waals surface area contributed by atoms with Crippen LogP contribution in [-0.2, 0) is 0 Å². The lowest BCUT2D eigenvalue weighted by atomic mass is 10.0. The fourth-order valence-corrected chi connectivity index (χ4v) is 1.95. The van der Waals surface area contributed by atoms with Crippen molar-refractivity contribution in [3.05, 3.63) is 5.21 Å². The Labute approximate surface area is 72.0 Å². The third-order valence-electron chi connectivity index (χ3n) is 2.98. The molecule has 0 saturated carbocycles. The first-order valence-corrected chi connectivity index (χ1v) is 4.15. The van der Waals surface area contributed by atoms with Gasteiger partial charge in [-0.05, 0) is 20.8 Å². The van der Waals surface area contributed by atoms with E-state index in [1.165, 1.54) is 0 Å². The number of rotatable bonds is 0. The van der Waals surface area contributed by atoms with Gasteiger partial charge in [-0.1, -0.05) is 0 Å². The van der Waals surface area contributed by atoms with E-state index in [0.717, 1.165) is 0 Å². The van der Waals surface area contributed by atoms with Crippen LogP contribution in [0, 0.1) is 5.21 Å². The Bertz CT molecular complexity index is 214. The topological polar surface area (TPSA) is 60.4 Å². The van der Waals surface area contributed by atoms with Crippen LogP contribution in [0.2, 0.25) is 0 Å². The van der Waals surface area contributed by atoms with Crippen molar-refractivity contribution in [3.8, 4) is 0 Å². The standard InChI is InChI=1S/C8H15NO3/c1-6-4-5-8(2,3)9(6,12)7(10)11/h6H,4-5H2,1-3H3,(H,10,11)/t6-,9?/m1/s1. The van der Waals surface area contributed by atoms with E-state index in [2.05, 4.69) is 0 Å². The lowest BCUT2D eigenvalue weighted by Crippen LogP contribution is -2.59. The summed E-state index contributed by atoms with van der Waals surface area (Å²) in [4.78, 5) is 10.8. The van der Waals surface area contributed by atoms with Crippen LogP contribution >= 0.6 is 0 Å². The molecule has 1 unspecified atom stereocenters. The number of carboxylic acid groups (broad SMARTS) is 1. The summed E-state index contributed by atoms with van der Waals surface area (Å²) in [6, 6.07) is -0.322. The number of carbonyl (C=O) groups is 1. The lowest BCUT2D eigenvalue weighted by molar-refractivity contribution is -0.865. The highest BCUT2D eigenvalue weighted by Crippen LogP contribution is 2.40. The molecule has 0 aromatic carbocycles. The number of nitrogens with zero attached hydrogens (tertiary/aromatic N) is 1. The van der Waals surface area contributed by atoms with Crippen LogP contribution in [0.3, 0.4) is 0 Å². The quantitative estimate of drug-likeness (QED) is 0.450. The fourth-order valence-electron chi connectivity index (χ4n) is 1.95. The smallest absolute Gasteiger partial charge is 0.514 e. The maximum atomic E-state index is 11.9. The van der Waals surface area contributed by atoms with Gasteiger partial charge in [0.1, 0.15) is 5.54 Å². The van der Waals surface area contributed by atoms with Crippen molar-refractivity contribution in [2.24, 2.45) is 0 Å². The monoisotopic (exact) mass is 173 g/mol. The number of amides is 1. The van der Waals surface area contributed by atoms with Crippen molar-refractivity contribution in [2.45, 2.75) is 45.2 Å². The molecule has 1 fully saturated rings. The zero-order chi connectivity index (χ0) is 9.57.